The molecule has 0 aliphatic carbocycles. The van der Waals surface area contributed by atoms with E-state index in [9.17, 15) is 14.0 Å². The van der Waals surface area contributed by atoms with Crippen LogP contribution in [0.4, 0.5) is 9.18 Å². The molecule has 148 valence electrons. The molecular weight excluding hydrogens is 369 g/mol. The molecule has 0 amide bonds. The first kappa shape index (κ1) is 19.6. The molecule has 0 radical (unpaired) electrons. The highest BCUT2D eigenvalue weighted by atomic mass is 19.1. The van der Waals surface area contributed by atoms with Crippen molar-refractivity contribution >= 4 is 12.1 Å². The molecule has 1 aliphatic heterocycles. The van der Waals surface area contributed by atoms with Crippen LogP contribution in [0.2, 0.25) is 0 Å². The SMILES string of the molecule is CCOc1cc(CC(=O)O)ccc1-c1ccc(F)c2c1CN(OC(=O)O)CC2. The van der Waals surface area contributed by atoms with E-state index in [0.717, 1.165) is 0 Å². The first-order valence-corrected chi connectivity index (χ1v) is 8.83. The molecule has 2 aromatic carbocycles. The molecule has 0 saturated heterocycles. The summed E-state index contributed by atoms with van der Waals surface area (Å²) in [6.45, 7) is 2.56. The van der Waals surface area contributed by atoms with Gasteiger partial charge in [-0.15, -0.1) is 5.06 Å². The van der Waals surface area contributed by atoms with Crippen molar-refractivity contribution in [3.05, 3.63) is 52.8 Å². The summed E-state index contributed by atoms with van der Waals surface area (Å²) in [5.74, 6) is -0.809. The lowest BCUT2D eigenvalue weighted by atomic mass is 9.90. The summed E-state index contributed by atoms with van der Waals surface area (Å²) in [6, 6.07) is 8.09. The average molecular weight is 389 g/mol. The fourth-order valence-corrected chi connectivity index (χ4v) is 3.40. The van der Waals surface area contributed by atoms with E-state index in [1.807, 2.05) is 6.92 Å². The average Bonchev–Trinajstić information content (AvgIpc) is 2.62. The van der Waals surface area contributed by atoms with Crippen LogP contribution in [0.3, 0.4) is 0 Å². The third-order valence-electron chi connectivity index (χ3n) is 4.52. The molecule has 0 aromatic heterocycles. The lowest BCUT2D eigenvalue weighted by Crippen LogP contribution is -2.33. The molecule has 28 heavy (non-hydrogen) atoms. The van der Waals surface area contributed by atoms with E-state index in [4.69, 9.17) is 19.8 Å². The van der Waals surface area contributed by atoms with E-state index in [2.05, 4.69) is 0 Å². The van der Waals surface area contributed by atoms with Crippen molar-refractivity contribution in [2.24, 2.45) is 0 Å². The second-order valence-corrected chi connectivity index (χ2v) is 6.36. The van der Waals surface area contributed by atoms with Crippen molar-refractivity contribution in [3.63, 3.8) is 0 Å². The number of carbonyl (C=O) groups is 2. The van der Waals surface area contributed by atoms with Crippen LogP contribution in [0.15, 0.2) is 30.3 Å². The largest absolute Gasteiger partial charge is 0.525 e. The van der Waals surface area contributed by atoms with Gasteiger partial charge in [0.1, 0.15) is 11.6 Å². The van der Waals surface area contributed by atoms with Gasteiger partial charge in [0.25, 0.3) is 0 Å². The Morgan fingerprint density at radius 3 is 2.57 bits per heavy atom. The molecule has 0 bridgehead atoms. The van der Waals surface area contributed by atoms with Crippen LogP contribution in [0.5, 0.6) is 5.75 Å². The molecule has 1 heterocycles. The van der Waals surface area contributed by atoms with Gasteiger partial charge in [-0.25, -0.2) is 9.18 Å². The summed E-state index contributed by atoms with van der Waals surface area (Å²) in [5.41, 5.74) is 3.11. The fourth-order valence-electron chi connectivity index (χ4n) is 3.40. The number of benzene rings is 2. The minimum atomic E-state index is -1.42. The van der Waals surface area contributed by atoms with Crippen molar-refractivity contribution in [1.29, 1.82) is 0 Å². The van der Waals surface area contributed by atoms with Crippen LogP contribution in [0, 0.1) is 5.82 Å². The minimum absolute atomic E-state index is 0.108. The zero-order chi connectivity index (χ0) is 20.3. The number of carboxylic acids is 1. The summed E-state index contributed by atoms with van der Waals surface area (Å²) >= 11 is 0. The third-order valence-corrected chi connectivity index (χ3v) is 4.52. The number of hydrogen-bond acceptors (Lipinski definition) is 5. The summed E-state index contributed by atoms with van der Waals surface area (Å²) in [6.07, 6.45) is -1.25. The van der Waals surface area contributed by atoms with E-state index < -0.39 is 12.1 Å². The van der Waals surface area contributed by atoms with Gasteiger partial charge in [-0.1, -0.05) is 18.2 Å². The molecule has 8 heteroatoms. The van der Waals surface area contributed by atoms with Crippen molar-refractivity contribution < 1.29 is 33.8 Å². The van der Waals surface area contributed by atoms with Gasteiger partial charge in [0.15, 0.2) is 0 Å². The Morgan fingerprint density at radius 2 is 1.89 bits per heavy atom. The molecule has 0 fully saturated rings. The fraction of sp³-hybridized carbons (Fsp3) is 0.300. The van der Waals surface area contributed by atoms with Crippen LogP contribution >= 0.6 is 0 Å². The molecule has 2 N–H and O–H groups in total. The number of aliphatic carboxylic acids is 1. The number of ether oxygens (including phenoxy) is 1. The van der Waals surface area contributed by atoms with Crippen LogP contribution in [0.1, 0.15) is 23.6 Å². The number of hydrogen-bond donors (Lipinski definition) is 2. The number of fused-ring (bicyclic) bond motifs is 1. The van der Waals surface area contributed by atoms with Crippen molar-refractivity contribution in [3.8, 4) is 16.9 Å². The first-order chi connectivity index (χ1) is 13.4. The molecule has 0 atom stereocenters. The second kappa shape index (κ2) is 8.26. The second-order valence-electron chi connectivity index (χ2n) is 6.36. The van der Waals surface area contributed by atoms with Gasteiger partial charge in [0, 0.05) is 12.1 Å². The van der Waals surface area contributed by atoms with E-state index in [-0.39, 0.29) is 25.3 Å². The van der Waals surface area contributed by atoms with Gasteiger partial charge in [-0.2, -0.15) is 0 Å². The van der Waals surface area contributed by atoms with E-state index in [1.165, 1.54) is 11.1 Å². The molecule has 3 rings (SSSR count). The number of rotatable bonds is 6. The van der Waals surface area contributed by atoms with Crippen molar-refractivity contribution in [2.75, 3.05) is 13.2 Å². The van der Waals surface area contributed by atoms with Gasteiger partial charge in [0.2, 0.25) is 0 Å². The third kappa shape index (κ3) is 4.23. The molecule has 7 nitrogen and oxygen atoms in total. The van der Waals surface area contributed by atoms with Gasteiger partial charge in [0.05, 0.1) is 19.6 Å². The monoisotopic (exact) mass is 389 g/mol. The maximum atomic E-state index is 14.3. The van der Waals surface area contributed by atoms with Crippen LogP contribution in [-0.4, -0.2) is 40.6 Å². The molecule has 0 unspecified atom stereocenters. The van der Waals surface area contributed by atoms with Crippen molar-refractivity contribution in [1.82, 2.24) is 5.06 Å². The first-order valence-electron chi connectivity index (χ1n) is 8.83. The lowest BCUT2D eigenvalue weighted by Gasteiger charge is -2.28. The standard InChI is InChI=1S/C20H20FNO6/c1-2-27-18-9-12(10-19(23)24)3-4-15(18)13-5-6-17(21)14-7-8-22(11-16(13)14)28-20(25)26/h3-6,9H,2,7-8,10-11H2,1H3,(H,23,24)(H,25,26). The Morgan fingerprint density at radius 1 is 1.14 bits per heavy atom. The molecule has 0 saturated carbocycles. The van der Waals surface area contributed by atoms with E-state index in [0.29, 0.717) is 46.6 Å². The van der Waals surface area contributed by atoms with Gasteiger partial charge in [-0.05, 0) is 47.7 Å². The molecule has 1 aliphatic rings. The maximum Gasteiger partial charge on any atom is 0.525 e. The Kier molecular flexibility index (Phi) is 5.79. The van der Waals surface area contributed by atoms with E-state index in [1.54, 1.807) is 24.3 Å². The minimum Gasteiger partial charge on any atom is -0.493 e. The van der Waals surface area contributed by atoms with Crippen LogP contribution in [0.25, 0.3) is 11.1 Å². The zero-order valence-corrected chi connectivity index (χ0v) is 15.3. The molecule has 0 spiro atoms. The zero-order valence-electron chi connectivity index (χ0n) is 15.3. The predicted molar refractivity (Wildman–Crippen MR) is 97.6 cm³/mol. The Balaban J connectivity index is 2.06. The summed E-state index contributed by atoms with van der Waals surface area (Å²) < 4.78 is 20.0. The predicted octanol–water partition coefficient (Wildman–Crippen LogP) is 3.49. The van der Waals surface area contributed by atoms with Gasteiger partial charge < -0.3 is 19.8 Å². The molecular formula is C20H20FNO6. The summed E-state index contributed by atoms with van der Waals surface area (Å²) in [4.78, 5) is 26.6. The highest BCUT2D eigenvalue weighted by Gasteiger charge is 2.26. The van der Waals surface area contributed by atoms with Crippen LogP contribution in [-0.2, 0) is 29.0 Å². The highest BCUT2D eigenvalue weighted by Crippen LogP contribution is 2.37. The number of hydroxylamine groups is 2. The topological polar surface area (TPSA) is 96.3 Å². The normalized spacial score (nSPS) is 13.6. The summed E-state index contributed by atoms with van der Waals surface area (Å²) in [7, 11) is 0. The van der Waals surface area contributed by atoms with E-state index >= 15 is 0 Å². The van der Waals surface area contributed by atoms with Gasteiger partial charge >= 0.3 is 12.1 Å². The Bertz CT molecular complexity index is 914. The maximum absolute atomic E-state index is 14.3. The van der Waals surface area contributed by atoms with Crippen molar-refractivity contribution in [2.45, 2.75) is 26.3 Å². The molecule has 2 aromatic rings. The van der Waals surface area contributed by atoms with Crippen LogP contribution < -0.4 is 4.74 Å². The Hall–Kier alpha value is -3.13. The lowest BCUT2D eigenvalue weighted by molar-refractivity contribution is -0.136. The van der Waals surface area contributed by atoms with Gasteiger partial charge in [-0.3, -0.25) is 4.79 Å². The quantitative estimate of drug-likeness (QED) is 0.781. The number of carboxylic acid groups (broad SMARTS) is 2. The smallest absolute Gasteiger partial charge is 0.493 e. The highest BCUT2D eigenvalue weighted by molar-refractivity contribution is 5.77. The summed E-state index contributed by atoms with van der Waals surface area (Å²) in [5, 5.41) is 19.1. The Labute approximate surface area is 160 Å². The number of nitrogens with zero attached hydrogens (tertiary/aromatic N) is 1. The number of halogens is 1.